The second kappa shape index (κ2) is 4.97. The van der Waals surface area contributed by atoms with Crippen molar-refractivity contribution in [2.45, 2.75) is 19.5 Å². The Hall–Kier alpha value is -0.890. The smallest absolute Gasteiger partial charge is 0.137 e. The molecule has 0 saturated carbocycles. The molecule has 1 nitrogen and oxygen atoms in total. The van der Waals surface area contributed by atoms with E-state index in [0.29, 0.717) is 6.54 Å². The fourth-order valence-electron chi connectivity index (χ4n) is 1.30. The van der Waals surface area contributed by atoms with Gasteiger partial charge in [0.15, 0.2) is 0 Å². The number of nitrogens with one attached hydrogen (secondary N) is 1. The Labute approximate surface area is 79.0 Å². The van der Waals surface area contributed by atoms with Gasteiger partial charge in [0.05, 0.1) is 0 Å². The van der Waals surface area contributed by atoms with Gasteiger partial charge in [-0.2, -0.15) is 0 Å². The van der Waals surface area contributed by atoms with Crippen LogP contribution in [0.2, 0.25) is 0 Å². The zero-order chi connectivity index (χ0) is 9.68. The maximum absolute atomic E-state index is 13.4. The lowest BCUT2D eigenvalue weighted by atomic mass is 10.1. The van der Waals surface area contributed by atoms with Crippen molar-refractivity contribution in [3.8, 4) is 0 Å². The van der Waals surface area contributed by atoms with Gasteiger partial charge >= 0.3 is 0 Å². The van der Waals surface area contributed by atoms with Gasteiger partial charge in [-0.15, -0.1) is 0 Å². The number of hydrogen-bond acceptors (Lipinski definition) is 1. The first kappa shape index (κ1) is 10.2. The molecule has 0 heterocycles. The maximum atomic E-state index is 13.4. The lowest BCUT2D eigenvalue weighted by Gasteiger charge is -2.08. The van der Waals surface area contributed by atoms with Crippen LogP contribution in [-0.2, 0) is 6.42 Å². The average Bonchev–Trinajstić information content (AvgIpc) is 2.18. The van der Waals surface area contributed by atoms with Crippen LogP contribution in [0.3, 0.4) is 0 Å². The van der Waals surface area contributed by atoms with Crippen LogP contribution < -0.4 is 5.32 Å². The highest BCUT2D eigenvalue weighted by Gasteiger charge is 2.07. The van der Waals surface area contributed by atoms with Gasteiger partial charge in [0.1, 0.15) is 6.17 Å². The van der Waals surface area contributed by atoms with Crippen molar-refractivity contribution in [2.24, 2.45) is 0 Å². The van der Waals surface area contributed by atoms with Crippen molar-refractivity contribution in [3.05, 3.63) is 35.4 Å². The molecule has 0 radical (unpaired) electrons. The minimum absolute atomic E-state index is 0.382. The lowest BCUT2D eigenvalue weighted by Crippen LogP contribution is -2.13. The first-order chi connectivity index (χ1) is 6.27. The summed E-state index contributed by atoms with van der Waals surface area (Å²) in [5.41, 5.74) is 1.96. The van der Waals surface area contributed by atoms with Crippen LogP contribution in [0.1, 0.15) is 24.2 Å². The minimum Gasteiger partial charge on any atom is -0.317 e. The fourth-order valence-corrected chi connectivity index (χ4v) is 1.30. The first-order valence-electron chi connectivity index (χ1n) is 4.65. The van der Waals surface area contributed by atoms with Crippen LogP contribution >= 0.6 is 0 Å². The molecular weight excluding hydrogens is 165 g/mol. The van der Waals surface area contributed by atoms with Gasteiger partial charge < -0.3 is 5.32 Å². The standard InChI is InChI=1S/C11H16FN/c1-3-9-5-4-6-10(7-9)11(12)8-13-2/h4-7,11,13H,3,8H2,1-2H3. The van der Waals surface area contributed by atoms with Gasteiger partial charge in [-0.3, -0.25) is 0 Å². The largest absolute Gasteiger partial charge is 0.317 e. The van der Waals surface area contributed by atoms with Crippen molar-refractivity contribution < 1.29 is 4.39 Å². The van der Waals surface area contributed by atoms with E-state index in [0.717, 1.165) is 12.0 Å². The zero-order valence-corrected chi connectivity index (χ0v) is 8.18. The van der Waals surface area contributed by atoms with Gasteiger partial charge in [0.25, 0.3) is 0 Å². The van der Waals surface area contributed by atoms with Crippen molar-refractivity contribution in [1.29, 1.82) is 0 Å². The van der Waals surface area contributed by atoms with Crippen LogP contribution in [0.25, 0.3) is 0 Å². The van der Waals surface area contributed by atoms with E-state index in [1.54, 1.807) is 7.05 Å². The normalized spacial score (nSPS) is 12.8. The number of rotatable bonds is 4. The summed E-state index contributed by atoms with van der Waals surface area (Å²) >= 11 is 0. The molecule has 1 aromatic carbocycles. The average molecular weight is 181 g/mol. The van der Waals surface area contributed by atoms with E-state index >= 15 is 0 Å². The van der Waals surface area contributed by atoms with Gasteiger partial charge in [-0.05, 0) is 24.6 Å². The molecule has 2 heteroatoms. The topological polar surface area (TPSA) is 12.0 Å². The Morgan fingerprint density at radius 1 is 1.46 bits per heavy atom. The molecular formula is C11H16FN. The third kappa shape index (κ3) is 2.81. The van der Waals surface area contributed by atoms with Crippen LogP contribution in [-0.4, -0.2) is 13.6 Å². The van der Waals surface area contributed by atoms with Crippen molar-refractivity contribution in [3.63, 3.8) is 0 Å². The number of aryl methyl sites for hydroxylation is 1. The molecule has 0 spiro atoms. The Morgan fingerprint density at radius 3 is 2.85 bits per heavy atom. The van der Waals surface area contributed by atoms with Gasteiger partial charge in [-0.25, -0.2) is 4.39 Å². The van der Waals surface area contributed by atoms with Crippen molar-refractivity contribution in [2.75, 3.05) is 13.6 Å². The highest BCUT2D eigenvalue weighted by atomic mass is 19.1. The number of likely N-dealkylation sites (N-methyl/N-ethyl adjacent to an activating group) is 1. The summed E-state index contributed by atoms with van der Waals surface area (Å²) < 4.78 is 13.4. The van der Waals surface area contributed by atoms with Gasteiger partial charge in [0.2, 0.25) is 0 Å². The summed E-state index contributed by atoms with van der Waals surface area (Å²) in [6, 6.07) is 7.70. The van der Waals surface area contributed by atoms with Crippen molar-refractivity contribution in [1.82, 2.24) is 5.32 Å². The van der Waals surface area contributed by atoms with Crippen LogP contribution in [0.5, 0.6) is 0 Å². The highest BCUT2D eigenvalue weighted by Crippen LogP contribution is 2.17. The fraction of sp³-hybridized carbons (Fsp3) is 0.455. The summed E-state index contributed by atoms with van der Waals surface area (Å²) in [5.74, 6) is 0. The van der Waals surface area contributed by atoms with Crippen LogP contribution in [0.15, 0.2) is 24.3 Å². The molecule has 1 unspecified atom stereocenters. The molecule has 0 aliphatic rings. The number of halogens is 1. The van der Waals surface area contributed by atoms with Gasteiger partial charge in [-0.1, -0.05) is 31.2 Å². The molecule has 0 amide bonds. The summed E-state index contributed by atoms with van der Waals surface area (Å²) in [6.07, 6.45) is 0.0663. The second-order valence-electron chi connectivity index (χ2n) is 3.12. The zero-order valence-electron chi connectivity index (χ0n) is 8.18. The lowest BCUT2D eigenvalue weighted by molar-refractivity contribution is 0.335. The van der Waals surface area contributed by atoms with E-state index < -0.39 is 6.17 Å². The molecule has 0 saturated heterocycles. The third-order valence-corrected chi connectivity index (χ3v) is 2.10. The van der Waals surface area contributed by atoms with E-state index in [-0.39, 0.29) is 0 Å². The highest BCUT2D eigenvalue weighted by molar-refractivity contribution is 5.25. The quantitative estimate of drug-likeness (QED) is 0.752. The summed E-state index contributed by atoms with van der Waals surface area (Å²) in [4.78, 5) is 0. The van der Waals surface area contributed by atoms with Crippen LogP contribution in [0, 0.1) is 0 Å². The summed E-state index contributed by atoms with van der Waals surface area (Å²) in [7, 11) is 1.76. The Morgan fingerprint density at radius 2 is 2.23 bits per heavy atom. The van der Waals surface area contributed by atoms with E-state index in [1.807, 2.05) is 24.3 Å². The third-order valence-electron chi connectivity index (χ3n) is 2.10. The molecule has 0 fully saturated rings. The first-order valence-corrected chi connectivity index (χ1v) is 4.65. The van der Waals surface area contributed by atoms with E-state index in [4.69, 9.17) is 0 Å². The molecule has 0 aliphatic carbocycles. The van der Waals surface area contributed by atoms with E-state index in [9.17, 15) is 4.39 Å². The Kier molecular flexibility index (Phi) is 3.90. The molecule has 0 aromatic heterocycles. The molecule has 1 N–H and O–H groups in total. The van der Waals surface area contributed by atoms with Gasteiger partial charge in [0, 0.05) is 6.54 Å². The van der Waals surface area contributed by atoms with E-state index in [1.165, 1.54) is 5.56 Å². The summed E-state index contributed by atoms with van der Waals surface area (Å²) in [5, 5.41) is 2.83. The number of alkyl halides is 1. The molecule has 0 bridgehead atoms. The molecule has 1 atom stereocenters. The van der Waals surface area contributed by atoms with Crippen molar-refractivity contribution >= 4 is 0 Å². The monoisotopic (exact) mass is 181 g/mol. The molecule has 1 rings (SSSR count). The second-order valence-corrected chi connectivity index (χ2v) is 3.12. The summed E-state index contributed by atoms with van der Waals surface area (Å²) in [6.45, 7) is 2.46. The predicted molar refractivity (Wildman–Crippen MR) is 53.6 cm³/mol. The molecule has 1 aromatic rings. The predicted octanol–water partition coefficient (Wildman–Crippen LogP) is 2.48. The minimum atomic E-state index is -0.892. The number of hydrogen-bond donors (Lipinski definition) is 1. The molecule has 72 valence electrons. The molecule has 13 heavy (non-hydrogen) atoms. The Bertz CT molecular complexity index is 260. The SMILES string of the molecule is CCc1cccc(C(F)CNC)c1. The Balaban J connectivity index is 2.75. The number of benzene rings is 1. The molecule has 0 aliphatic heterocycles. The maximum Gasteiger partial charge on any atom is 0.137 e. The van der Waals surface area contributed by atoms with E-state index in [2.05, 4.69) is 12.2 Å². The van der Waals surface area contributed by atoms with Crippen LogP contribution in [0.4, 0.5) is 4.39 Å².